The SMILES string of the molecule is CCOCCOCCOCCOCCC(=O)CCCS(=O)(=O)N1CCc2cc(Cn3nc(-c4ccc5oc(N)nc5c4)c4c(N)ncnc43)ccc2C1. The first-order valence-electron chi connectivity index (χ1n) is 17.8. The molecule has 1 aliphatic heterocycles. The Morgan fingerprint density at radius 2 is 1.66 bits per heavy atom. The molecule has 3 aromatic heterocycles. The van der Waals surface area contributed by atoms with E-state index in [0.717, 1.165) is 22.3 Å². The van der Waals surface area contributed by atoms with Gasteiger partial charge in [0.05, 0.1) is 63.9 Å². The Morgan fingerprint density at radius 1 is 0.906 bits per heavy atom. The molecule has 0 fully saturated rings. The number of rotatable bonds is 21. The zero-order valence-electron chi connectivity index (χ0n) is 29.9. The average molecular weight is 751 g/mol. The first-order valence-corrected chi connectivity index (χ1v) is 19.4. The maximum Gasteiger partial charge on any atom is 0.292 e. The lowest BCUT2D eigenvalue weighted by molar-refractivity contribution is -0.120. The van der Waals surface area contributed by atoms with Gasteiger partial charge in [0.15, 0.2) is 11.2 Å². The maximum atomic E-state index is 13.2. The van der Waals surface area contributed by atoms with Crippen LogP contribution in [0.15, 0.2) is 47.1 Å². The number of carbonyl (C=O) groups is 1. The zero-order valence-corrected chi connectivity index (χ0v) is 30.7. The minimum Gasteiger partial charge on any atom is -0.424 e. The molecule has 0 saturated heterocycles. The Hall–Kier alpha value is -4.52. The fourth-order valence-corrected chi connectivity index (χ4v) is 7.69. The number of anilines is 2. The zero-order chi connectivity index (χ0) is 37.2. The largest absolute Gasteiger partial charge is 0.424 e. The Labute approximate surface area is 307 Å². The van der Waals surface area contributed by atoms with E-state index in [2.05, 4.69) is 21.0 Å². The van der Waals surface area contributed by atoms with Crippen molar-refractivity contribution in [1.29, 1.82) is 0 Å². The molecule has 0 spiro atoms. The summed E-state index contributed by atoms with van der Waals surface area (Å²) in [6.45, 7) is 6.80. The molecule has 16 nitrogen and oxygen atoms in total. The van der Waals surface area contributed by atoms with Gasteiger partial charge in [0.1, 0.15) is 29.1 Å². The molecule has 0 bridgehead atoms. The van der Waals surface area contributed by atoms with Gasteiger partial charge in [-0.15, -0.1) is 0 Å². The predicted molar refractivity (Wildman–Crippen MR) is 198 cm³/mol. The highest BCUT2D eigenvalue weighted by Gasteiger charge is 2.27. The molecule has 6 rings (SSSR count). The number of ether oxygens (including phenoxy) is 4. The van der Waals surface area contributed by atoms with Crippen molar-refractivity contribution < 1.29 is 36.6 Å². The van der Waals surface area contributed by atoms with Gasteiger partial charge < -0.3 is 34.8 Å². The lowest BCUT2D eigenvalue weighted by atomic mass is 9.98. The molecular weight excluding hydrogens is 705 g/mol. The molecule has 284 valence electrons. The number of oxazole rings is 1. The van der Waals surface area contributed by atoms with Crippen molar-refractivity contribution in [2.75, 3.05) is 76.6 Å². The average Bonchev–Trinajstić information content (AvgIpc) is 3.71. The summed E-state index contributed by atoms with van der Waals surface area (Å²) in [6.07, 6.45) is 2.69. The van der Waals surface area contributed by atoms with Crippen molar-refractivity contribution in [3.8, 4) is 11.3 Å². The molecule has 1 aliphatic rings. The van der Waals surface area contributed by atoms with Gasteiger partial charge in [0.25, 0.3) is 6.01 Å². The molecule has 0 amide bonds. The number of Topliss-reactive ketones (excluding diaryl/α,β-unsaturated/α-hetero) is 1. The van der Waals surface area contributed by atoms with Gasteiger partial charge in [-0.05, 0) is 54.7 Å². The number of ketones is 1. The van der Waals surface area contributed by atoms with Crippen molar-refractivity contribution in [2.24, 2.45) is 0 Å². The number of nitrogens with two attached hydrogens (primary N) is 2. The molecule has 4 heterocycles. The number of aromatic nitrogens is 5. The molecule has 17 heteroatoms. The molecule has 0 radical (unpaired) electrons. The molecule has 0 unspecified atom stereocenters. The molecule has 2 aromatic carbocycles. The highest BCUT2D eigenvalue weighted by atomic mass is 32.2. The van der Waals surface area contributed by atoms with Crippen molar-refractivity contribution in [3.63, 3.8) is 0 Å². The van der Waals surface area contributed by atoms with E-state index in [1.54, 1.807) is 10.7 Å². The van der Waals surface area contributed by atoms with E-state index in [1.165, 1.54) is 10.6 Å². The van der Waals surface area contributed by atoms with Crippen molar-refractivity contribution in [3.05, 3.63) is 59.4 Å². The quantitative estimate of drug-likeness (QED) is 0.103. The van der Waals surface area contributed by atoms with E-state index in [-0.39, 0.29) is 50.0 Å². The van der Waals surface area contributed by atoms with Crippen LogP contribution in [0.3, 0.4) is 0 Å². The van der Waals surface area contributed by atoms with Gasteiger partial charge in [-0.2, -0.15) is 14.4 Å². The van der Waals surface area contributed by atoms with Gasteiger partial charge in [-0.25, -0.2) is 23.1 Å². The third kappa shape index (κ3) is 9.92. The minimum absolute atomic E-state index is 0.0206. The second-order valence-corrected chi connectivity index (χ2v) is 14.7. The van der Waals surface area contributed by atoms with Crippen LogP contribution in [0.1, 0.15) is 42.9 Å². The summed E-state index contributed by atoms with van der Waals surface area (Å²) in [6, 6.07) is 11.6. The summed E-state index contributed by atoms with van der Waals surface area (Å²) in [5.41, 5.74) is 18.2. The summed E-state index contributed by atoms with van der Waals surface area (Å²) in [7, 11) is -3.53. The van der Waals surface area contributed by atoms with E-state index in [0.29, 0.717) is 99.4 Å². The molecule has 5 aromatic rings. The van der Waals surface area contributed by atoms with Crippen LogP contribution in [0.25, 0.3) is 33.4 Å². The van der Waals surface area contributed by atoms with Gasteiger partial charge in [0, 0.05) is 38.1 Å². The third-order valence-corrected chi connectivity index (χ3v) is 10.8. The van der Waals surface area contributed by atoms with E-state index in [4.69, 9.17) is 39.9 Å². The van der Waals surface area contributed by atoms with Gasteiger partial charge >= 0.3 is 0 Å². The molecule has 0 atom stereocenters. The van der Waals surface area contributed by atoms with Gasteiger partial charge in [-0.1, -0.05) is 18.2 Å². The minimum atomic E-state index is -3.53. The topological polar surface area (TPSA) is 213 Å². The van der Waals surface area contributed by atoms with E-state index in [1.807, 2.05) is 31.2 Å². The van der Waals surface area contributed by atoms with Crippen LogP contribution in [-0.4, -0.2) is 108 Å². The summed E-state index contributed by atoms with van der Waals surface area (Å²) < 4.78 is 56.6. The first-order chi connectivity index (χ1) is 25.7. The smallest absolute Gasteiger partial charge is 0.292 e. The summed E-state index contributed by atoms with van der Waals surface area (Å²) in [4.78, 5) is 25.3. The Kier molecular flexibility index (Phi) is 13.0. The second-order valence-electron chi connectivity index (χ2n) is 12.6. The van der Waals surface area contributed by atoms with Gasteiger partial charge in [-0.3, -0.25) is 4.79 Å². The normalized spacial score (nSPS) is 13.6. The van der Waals surface area contributed by atoms with Crippen LogP contribution < -0.4 is 11.5 Å². The van der Waals surface area contributed by atoms with E-state index >= 15 is 0 Å². The number of hydrogen-bond donors (Lipinski definition) is 2. The second kappa shape index (κ2) is 18.0. The van der Waals surface area contributed by atoms with Crippen LogP contribution in [-0.2, 0) is 53.3 Å². The van der Waals surface area contributed by atoms with Gasteiger partial charge in [0.2, 0.25) is 10.0 Å². The molecule has 0 saturated carbocycles. The number of benzene rings is 2. The highest BCUT2D eigenvalue weighted by molar-refractivity contribution is 7.89. The number of nitrogen functional groups attached to an aromatic ring is 2. The van der Waals surface area contributed by atoms with Crippen molar-refractivity contribution in [1.82, 2.24) is 29.0 Å². The lowest BCUT2D eigenvalue weighted by Crippen LogP contribution is -2.37. The van der Waals surface area contributed by atoms with E-state index < -0.39 is 10.0 Å². The third-order valence-electron chi connectivity index (χ3n) is 8.91. The predicted octanol–water partition coefficient (Wildman–Crippen LogP) is 3.36. The monoisotopic (exact) mass is 750 g/mol. The molecule has 0 aliphatic carbocycles. The Morgan fingerprint density at radius 3 is 2.43 bits per heavy atom. The fourth-order valence-electron chi connectivity index (χ4n) is 6.22. The van der Waals surface area contributed by atoms with Crippen LogP contribution >= 0.6 is 0 Å². The highest BCUT2D eigenvalue weighted by Crippen LogP contribution is 2.33. The molecular formula is C36H46N8O8S. The maximum absolute atomic E-state index is 13.2. The summed E-state index contributed by atoms with van der Waals surface area (Å²) in [5, 5.41) is 5.52. The first kappa shape index (κ1) is 38.2. The van der Waals surface area contributed by atoms with Crippen molar-refractivity contribution >= 4 is 49.8 Å². The molecule has 53 heavy (non-hydrogen) atoms. The Bertz CT molecular complexity index is 2120. The van der Waals surface area contributed by atoms with Crippen LogP contribution in [0.5, 0.6) is 0 Å². The summed E-state index contributed by atoms with van der Waals surface area (Å²) >= 11 is 0. The van der Waals surface area contributed by atoms with Crippen LogP contribution in [0.2, 0.25) is 0 Å². The van der Waals surface area contributed by atoms with Crippen LogP contribution in [0, 0.1) is 0 Å². The van der Waals surface area contributed by atoms with Crippen LogP contribution in [0.4, 0.5) is 11.8 Å². The number of carbonyl (C=O) groups excluding carboxylic acids is 1. The lowest BCUT2D eigenvalue weighted by Gasteiger charge is -2.28. The number of hydrogen-bond acceptors (Lipinski definition) is 14. The number of fused-ring (bicyclic) bond motifs is 3. The van der Waals surface area contributed by atoms with Crippen molar-refractivity contribution in [2.45, 2.75) is 45.7 Å². The van der Waals surface area contributed by atoms with E-state index in [9.17, 15) is 13.2 Å². The Balaban J connectivity index is 0.966. The standard InChI is InChI=1S/C36H46N8O8S/c1-2-48-13-14-50-17-18-51-16-15-49-12-10-29(45)4-3-19-53(46,47)43-11-9-26-20-25(5-6-28(26)23-43)22-44-35-32(34(37)39-24-40-35)33(42-44)27-7-8-31-30(21-27)41-36(38)52-31/h5-8,20-21,24H,2-4,9-19,22-23H2,1H3,(H2,38,41)(H2,37,39,40). The number of sulfonamides is 1. The summed E-state index contributed by atoms with van der Waals surface area (Å²) in [5.74, 6) is 0.210. The fraction of sp³-hybridized carbons (Fsp3) is 0.472. The molecule has 4 N–H and O–H groups in total. The number of nitrogens with zero attached hydrogens (tertiary/aromatic N) is 6.